The Hall–Kier alpha value is -2.60. The van der Waals surface area contributed by atoms with E-state index < -0.39 is 23.2 Å². The zero-order valence-electron chi connectivity index (χ0n) is 19.3. The van der Waals surface area contributed by atoms with E-state index in [-0.39, 0.29) is 11.9 Å². The molecule has 0 bridgehead atoms. The molecule has 1 heterocycles. The Kier molecular flexibility index (Phi) is 5.93. The highest BCUT2D eigenvalue weighted by atomic mass is 16.4. The molecule has 4 rings (SSSR count). The molecule has 2 amide bonds. The van der Waals surface area contributed by atoms with E-state index in [9.17, 15) is 19.8 Å². The molecule has 0 spiro atoms. The Morgan fingerprint density at radius 1 is 1.06 bits per heavy atom. The highest BCUT2D eigenvalue weighted by Gasteiger charge is 2.49. The van der Waals surface area contributed by atoms with Gasteiger partial charge in [-0.25, -0.2) is 4.79 Å². The van der Waals surface area contributed by atoms with Crippen molar-refractivity contribution in [1.82, 2.24) is 9.80 Å². The normalized spacial score (nSPS) is 19.9. The third kappa shape index (κ3) is 4.08. The minimum Gasteiger partial charge on any atom is -0.465 e. The lowest BCUT2D eigenvalue weighted by Crippen LogP contribution is -2.57. The molecule has 1 aliphatic heterocycles. The molecule has 2 fully saturated rings. The molecule has 2 aromatic rings. The number of carboxylic acid groups (broad SMARTS) is 1. The molecule has 1 saturated heterocycles. The van der Waals surface area contributed by atoms with Gasteiger partial charge >= 0.3 is 6.09 Å². The third-order valence-electron chi connectivity index (χ3n) is 7.21. The molecule has 6 heteroatoms. The van der Waals surface area contributed by atoms with Crippen LogP contribution in [0.5, 0.6) is 0 Å². The van der Waals surface area contributed by atoms with Gasteiger partial charge in [-0.1, -0.05) is 42.5 Å². The summed E-state index contributed by atoms with van der Waals surface area (Å²) in [5.41, 5.74) is -0.620. The number of amides is 2. The number of fused-ring (bicyclic) bond motifs is 1. The van der Waals surface area contributed by atoms with Crippen LogP contribution in [0.3, 0.4) is 0 Å². The topological polar surface area (TPSA) is 81.1 Å². The fourth-order valence-electron chi connectivity index (χ4n) is 5.50. The molecule has 172 valence electrons. The van der Waals surface area contributed by atoms with E-state index in [4.69, 9.17) is 0 Å². The summed E-state index contributed by atoms with van der Waals surface area (Å²) in [6, 6.07) is 13.9. The van der Waals surface area contributed by atoms with Gasteiger partial charge in [-0.3, -0.25) is 4.79 Å². The van der Waals surface area contributed by atoms with Gasteiger partial charge in [0, 0.05) is 24.7 Å². The average molecular weight is 439 g/mol. The van der Waals surface area contributed by atoms with Crippen LogP contribution in [-0.2, 0) is 4.79 Å². The Bertz CT molecular complexity index is 995. The van der Waals surface area contributed by atoms with Gasteiger partial charge in [0.2, 0.25) is 5.91 Å². The first kappa shape index (κ1) is 22.6. The van der Waals surface area contributed by atoms with Crippen LogP contribution in [-0.4, -0.2) is 62.3 Å². The van der Waals surface area contributed by atoms with Crippen LogP contribution >= 0.6 is 0 Å². The predicted molar refractivity (Wildman–Crippen MR) is 125 cm³/mol. The lowest BCUT2D eigenvalue weighted by atomic mass is 9.67. The lowest BCUT2D eigenvalue weighted by Gasteiger charge is -2.47. The fourth-order valence-corrected chi connectivity index (χ4v) is 5.50. The number of rotatable bonds is 4. The van der Waals surface area contributed by atoms with Crippen molar-refractivity contribution in [2.75, 3.05) is 13.1 Å². The smallest absolute Gasteiger partial charge is 0.407 e. The van der Waals surface area contributed by atoms with Crippen LogP contribution in [0.25, 0.3) is 10.8 Å². The second-order valence-electron chi connectivity index (χ2n) is 10.3. The summed E-state index contributed by atoms with van der Waals surface area (Å²) in [7, 11) is 0. The number of nitrogens with zero attached hydrogens (tertiary/aromatic N) is 2. The first-order chi connectivity index (χ1) is 15.1. The summed E-state index contributed by atoms with van der Waals surface area (Å²) in [5, 5.41) is 23.2. The maximum Gasteiger partial charge on any atom is 0.407 e. The molecule has 2 aromatic carbocycles. The van der Waals surface area contributed by atoms with E-state index in [1.165, 1.54) is 4.90 Å². The van der Waals surface area contributed by atoms with E-state index in [1.807, 2.05) is 68.1 Å². The van der Waals surface area contributed by atoms with Gasteiger partial charge in [0.15, 0.2) is 0 Å². The SMILES string of the molecule is CC(C)(C)N(C(=O)O)C1CCN(C(=O)C(c2cccc3ccccc23)C2(O)CCC2)CC1. The van der Waals surface area contributed by atoms with E-state index in [0.717, 1.165) is 22.8 Å². The van der Waals surface area contributed by atoms with Crippen molar-refractivity contribution < 1.29 is 19.8 Å². The minimum atomic E-state index is -1.02. The van der Waals surface area contributed by atoms with Crippen LogP contribution in [0.15, 0.2) is 42.5 Å². The number of benzene rings is 2. The highest BCUT2D eigenvalue weighted by molar-refractivity contribution is 5.94. The average Bonchev–Trinajstić information content (AvgIpc) is 2.72. The molecule has 0 aromatic heterocycles. The van der Waals surface area contributed by atoms with Gasteiger partial charge in [-0.05, 0) is 69.2 Å². The van der Waals surface area contributed by atoms with Crippen molar-refractivity contribution in [3.05, 3.63) is 48.0 Å². The van der Waals surface area contributed by atoms with E-state index in [0.29, 0.717) is 38.8 Å². The van der Waals surface area contributed by atoms with Crippen LogP contribution in [0.2, 0.25) is 0 Å². The summed E-state index contributed by atoms with van der Waals surface area (Å²) in [4.78, 5) is 29.1. The van der Waals surface area contributed by atoms with Gasteiger partial charge in [-0.2, -0.15) is 0 Å². The van der Waals surface area contributed by atoms with E-state index in [1.54, 1.807) is 0 Å². The summed E-state index contributed by atoms with van der Waals surface area (Å²) >= 11 is 0. The largest absolute Gasteiger partial charge is 0.465 e. The monoisotopic (exact) mass is 438 g/mol. The van der Waals surface area contributed by atoms with Crippen molar-refractivity contribution in [3.8, 4) is 0 Å². The van der Waals surface area contributed by atoms with Crippen LogP contribution in [0.4, 0.5) is 4.79 Å². The summed E-state index contributed by atoms with van der Waals surface area (Å²) in [6.45, 7) is 6.71. The Balaban J connectivity index is 1.59. The molecule has 2 aliphatic rings. The number of hydrogen-bond donors (Lipinski definition) is 2. The van der Waals surface area contributed by atoms with E-state index in [2.05, 4.69) is 0 Å². The van der Waals surface area contributed by atoms with Gasteiger partial charge < -0.3 is 20.0 Å². The maximum atomic E-state index is 13.8. The molecule has 6 nitrogen and oxygen atoms in total. The summed E-state index contributed by atoms with van der Waals surface area (Å²) in [5.74, 6) is -0.642. The number of aliphatic hydroxyl groups is 1. The minimum absolute atomic E-state index is 0.0420. The molecule has 1 atom stereocenters. The Labute approximate surface area is 189 Å². The first-order valence-electron chi connectivity index (χ1n) is 11.6. The predicted octanol–water partition coefficient (Wildman–Crippen LogP) is 4.61. The van der Waals surface area contributed by atoms with Crippen molar-refractivity contribution in [3.63, 3.8) is 0 Å². The summed E-state index contributed by atoms with van der Waals surface area (Å²) < 4.78 is 0. The molecule has 1 aliphatic carbocycles. The number of piperidine rings is 1. The van der Waals surface area contributed by atoms with Crippen molar-refractivity contribution >= 4 is 22.8 Å². The van der Waals surface area contributed by atoms with Crippen molar-refractivity contribution in [2.24, 2.45) is 0 Å². The van der Waals surface area contributed by atoms with Crippen LogP contribution < -0.4 is 0 Å². The van der Waals surface area contributed by atoms with E-state index >= 15 is 0 Å². The molecule has 1 saturated carbocycles. The van der Waals surface area contributed by atoms with Gasteiger partial charge in [0.25, 0.3) is 0 Å². The molecule has 0 radical (unpaired) electrons. The Morgan fingerprint density at radius 3 is 2.25 bits per heavy atom. The van der Waals surface area contributed by atoms with Crippen LogP contribution in [0, 0.1) is 0 Å². The third-order valence-corrected chi connectivity index (χ3v) is 7.21. The molecule has 32 heavy (non-hydrogen) atoms. The second-order valence-corrected chi connectivity index (χ2v) is 10.3. The number of carbonyl (C=O) groups is 2. The first-order valence-corrected chi connectivity index (χ1v) is 11.6. The molecular weight excluding hydrogens is 404 g/mol. The second kappa shape index (κ2) is 8.39. The zero-order valence-corrected chi connectivity index (χ0v) is 19.3. The lowest BCUT2D eigenvalue weighted by molar-refractivity contribution is -0.146. The molecular formula is C26H34N2O4. The quantitative estimate of drug-likeness (QED) is 0.731. The zero-order chi connectivity index (χ0) is 23.1. The maximum absolute atomic E-state index is 13.8. The number of hydrogen-bond acceptors (Lipinski definition) is 3. The standard InChI is InChI=1S/C26H34N2O4/c1-25(2,3)28(24(30)31)19-12-16-27(17-13-19)23(29)22(26(32)14-7-15-26)21-11-6-9-18-8-4-5-10-20(18)21/h4-6,8-11,19,22,32H,7,12-17H2,1-3H3,(H,30,31). The van der Waals surface area contributed by atoms with Crippen molar-refractivity contribution in [1.29, 1.82) is 0 Å². The number of carbonyl (C=O) groups excluding carboxylic acids is 1. The van der Waals surface area contributed by atoms with Gasteiger partial charge in [0.05, 0.1) is 11.5 Å². The number of likely N-dealkylation sites (tertiary alicyclic amines) is 1. The van der Waals surface area contributed by atoms with Crippen LogP contribution in [0.1, 0.15) is 64.4 Å². The highest BCUT2D eigenvalue weighted by Crippen LogP contribution is 2.46. The van der Waals surface area contributed by atoms with Gasteiger partial charge in [0.1, 0.15) is 0 Å². The molecule has 1 unspecified atom stereocenters. The summed E-state index contributed by atoms with van der Waals surface area (Å²) in [6.07, 6.45) is 2.47. The Morgan fingerprint density at radius 2 is 1.69 bits per heavy atom. The fraction of sp³-hybridized carbons (Fsp3) is 0.538. The van der Waals surface area contributed by atoms with Crippen molar-refractivity contribution in [2.45, 2.75) is 76.0 Å². The van der Waals surface area contributed by atoms with Gasteiger partial charge in [-0.15, -0.1) is 0 Å². The molecule has 2 N–H and O–H groups in total.